The zero-order valence-corrected chi connectivity index (χ0v) is 4.29. The summed E-state index contributed by atoms with van der Waals surface area (Å²) in [6.45, 7) is 0.294. The molecular weight excluding hydrogens is 106 g/mol. The maximum Gasteiger partial charge on any atom is 0.251 e. The van der Waals surface area contributed by atoms with Crippen LogP contribution in [0.4, 0.5) is 0 Å². The zero-order valence-electron chi connectivity index (χ0n) is 4.29. The Morgan fingerprint density at radius 3 is 3.00 bits per heavy atom. The molecule has 0 spiro atoms. The number of nitrogens with two attached hydrogens (primary N) is 1. The molecule has 0 saturated carbocycles. The van der Waals surface area contributed by atoms with Crippen molar-refractivity contribution in [2.45, 2.75) is 6.04 Å². The molecule has 3 N–H and O–H groups in total. The van der Waals surface area contributed by atoms with Crippen LogP contribution in [-0.2, 0) is 4.79 Å². The van der Waals surface area contributed by atoms with Crippen LogP contribution >= 0.6 is 0 Å². The van der Waals surface area contributed by atoms with Crippen molar-refractivity contribution < 1.29 is 4.79 Å². The highest BCUT2D eigenvalue weighted by Crippen LogP contribution is 1.90. The van der Waals surface area contributed by atoms with E-state index in [0.717, 1.165) is 0 Å². The lowest BCUT2D eigenvalue weighted by atomic mass is 10.3. The molecule has 0 aromatic carbocycles. The first kappa shape index (κ1) is 5.24. The highest BCUT2D eigenvalue weighted by molar-refractivity contribution is 5.96. The number of nitrogens with one attached hydrogen (secondary N) is 1. The summed E-state index contributed by atoms with van der Waals surface area (Å²) in [6, 6.07) is -0.338. The van der Waals surface area contributed by atoms with E-state index in [1.165, 1.54) is 6.34 Å². The Labute approximate surface area is 46.8 Å². The van der Waals surface area contributed by atoms with Gasteiger partial charge in [-0.25, -0.2) is 0 Å². The van der Waals surface area contributed by atoms with E-state index in [-0.39, 0.29) is 11.9 Å². The summed E-state index contributed by atoms with van der Waals surface area (Å²) in [4.78, 5) is 14.2. The van der Waals surface area contributed by atoms with Crippen molar-refractivity contribution in [3.63, 3.8) is 0 Å². The molecule has 0 aromatic heterocycles. The maximum atomic E-state index is 10.5. The Morgan fingerprint density at radius 1 is 2.00 bits per heavy atom. The predicted molar refractivity (Wildman–Crippen MR) is 29.5 cm³/mol. The first-order valence-electron chi connectivity index (χ1n) is 2.36. The van der Waals surface area contributed by atoms with Gasteiger partial charge in [-0.3, -0.25) is 9.79 Å². The second-order valence-electron chi connectivity index (χ2n) is 1.54. The molecule has 1 amide bonds. The number of aliphatic imine (C=N–C) groups is 1. The largest absolute Gasteiger partial charge is 0.328 e. The van der Waals surface area contributed by atoms with Crippen molar-refractivity contribution in [3.8, 4) is 0 Å². The average molecular weight is 113 g/mol. The summed E-state index contributed by atoms with van der Waals surface area (Å²) in [6.07, 6.45) is 1.37. The molecule has 1 unspecified atom stereocenters. The van der Waals surface area contributed by atoms with Gasteiger partial charge >= 0.3 is 0 Å². The molecule has 0 radical (unpaired) electrons. The Morgan fingerprint density at radius 2 is 2.75 bits per heavy atom. The lowest BCUT2D eigenvalue weighted by Gasteiger charge is -1.95. The fourth-order valence-electron chi connectivity index (χ4n) is 0.523. The third-order valence-electron chi connectivity index (χ3n) is 0.987. The van der Waals surface area contributed by atoms with Gasteiger partial charge in [-0.05, 0) is 0 Å². The summed E-state index contributed by atoms with van der Waals surface area (Å²) < 4.78 is 0. The van der Waals surface area contributed by atoms with Gasteiger partial charge < -0.3 is 11.1 Å². The highest BCUT2D eigenvalue weighted by atomic mass is 16.2. The minimum Gasteiger partial charge on any atom is -0.328 e. The Hall–Kier alpha value is -0.900. The average Bonchev–Trinajstić information content (AvgIpc) is 2.14. The number of amides is 1. The number of carbonyl (C=O) groups excluding carboxylic acids is 1. The third kappa shape index (κ3) is 0.696. The number of rotatable bonds is 1. The molecule has 4 heteroatoms. The molecule has 1 aliphatic heterocycles. The maximum absolute atomic E-state index is 10.5. The van der Waals surface area contributed by atoms with Crippen LogP contribution in [0.25, 0.3) is 0 Å². The molecule has 0 aliphatic carbocycles. The first-order valence-corrected chi connectivity index (χ1v) is 2.36. The summed E-state index contributed by atoms with van der Waals surface area (Å²) >= 11 is 0. The molecule has 1 heterocycles. The van der Waals surface area contributed by atoms with Gasteiger partial charge in [0.15, 0.2) is 0 Å². The quantitative estimate of drug-likeness (QED) is 0.433. The van der Waals surface area contributed by atoms with Crippen molar-refractivity contribution >= 4 is 12.2 Å². The van der Waals surface area contributed by atoms with Crippen molar-refractivity contribution in [1.29, 1.82) is 0 Å². The molecular formula is C4H7N3O. The minimum absolute atomic E-state index is 0.104. The van der Waals surface area contributed by atoms with Crippen LogP contribution in [0.15, 0.2) is 4.99 Å². The van der Waals surface area contributed by atoms with Crippen LogP contribution in [0.1, 0.15) is 0 Å². The topological polar surface area (TPSA) is 67.5 Å². The molecule has 1 rings (SSSR count). The molecule has 1 aliphatic rings. The fourth-order valence-corrected chi connectivity index (χ4v) is 0.523. The van der Waals surface area contributed by atoms with Crippen molar-refractivity contribution in [1.82, 2.24) is 5.32 Å². The lowest BCUT2D eigenvalue weighted by Crippen LogP contribution is -2.30. The summed E-state index contributed by atoms with van der Waals surface area (Å²) in [5.74, 6) is -0.104. The molecule has 1 atom stereocenters. The van der Waals surface area contributed by atoms with Crippen LogP contribution < -0.4 is 11.1 Å². The molecule has 4 nitrogen and oxygen atoms in total. The van der Waals surface area contributed by atoms with Crippen LogP contribution in [0.5, 0.6) is 0 Å². The minimum atomic E-state index is -0.338. The highest BCUT2D eigenvalue weighted by Gasteiger charge is 2.17. The van der Waals surface area contributed by atoms with E-state index < -0.39 is 0 Å². The second-order valence-corrected chi connectivity index (χ2v) is 1.54. The van der Waals surface area contributed by atoms with E-state index in [2.05, 4.69) is 10.3 Å². The zero-order chi connectivity index (χ0) is 5.98. The van der Waals surface area contributed by atoms with Crippen molar-refractivity contribution in [2.75, 3.05) is 6.54 Å². The van der Waals surface area contributed by atoms with Crippen LogP contribution in [0.2, 0.25) is 0 Å². The van der Waals surface area contributed by atoms with E-state index in [1.54, 1.807) is 0 Å². The Balaban J connectivity index is 2.53. The summed E-state index contributed by atoms with van der Waals surface area (Å²) in [7, 11) is 0. The van der Waals surface area contributed by atoms with Crippen molar-refractivity contribution in [2.24, 2.45) is 10.7 Å². The van der Waals surface area contributed by atoms with E-state index in [4.69, 9.17) is 5.73 Å². The first-order chi connectivity index (χ1) is 3.84. The van der Waals surface area contributed by atoms with E-state index in [1.807, 2.05) is 0 Å². The van der Waals surface area contributed by atoms with Crippen LogP contribution in [0.3, 0.4) is 0 Å². The van der Waals surface area contributed by atoms with Gasteiger partial charge in [-0.15, -0.1) is 0 Å². The Kier molecular flexibility index (Phi) is 1.26. The Bertz CT molecular complexity index is 131. The normalized spacial score (nSPS) is 26.1. The monoisotopic (exact) mass is 113 g/mol. The second kappa shape index (κ2) is 1.92. The lowest BCUT2D eigenvalue weighted by molar-refractivity contribution is -0.119. The van der Waals surface area contributed by atoms with Crippen LogP contribution in [0, 0.1) is 0 Å². The van der Waals surface area contributed by atoms with E-state index >= 15 is 0 Å². The summed E-state index contributed by atoms with van der Waals surface area (Å²) in [5.41, 5.74) is 5.15. The SMILES string of the molecule is NCC1N=CNC1=O. The number of nitrogens with zero attached hydrogens (tertiary/aromatic N) is 1. The molecule has 0 bridgehead atoms. The third-order valence-corrected chi connectivity index (χ3v) is 0.987. The van der Waals surface area contributed by atoms with Gasteiger partial charge in [0.1, 0.15) is 6.04 Å². The van der Waals surface area contributed by atoms with E-state index in [9.17, 15) is 4.79 Å². The van der Waals surface area contributed by atoms with Gasteiger partial charge in [0, 0.05) is 6.54 Å². The predicted octanol–water partition coefficient (Wildman–Crippen LogP) is -1.53. The van der Waals surface area contributed by atoms with Gasteiger partial charge in [-0.1, -0.05) is 0 Å². The number of carbonyl (C=O) groups is 1. The smallest absolute Gasteiger partial charge is 0.251 e. The standard InChI is InChI=1S/C4H7N3O/c5-1-3-4(8)7-2-6-3/h2-3H,1,5H2,(H,6,7,8). The molecule has 0 aromatic rings. The van der Waals surface area contributed by atoms with Gasteiger partial charge in [-0.2, -0.15) is 0 Å². The molecule has 44 valence electrons. The summed E-state index contributed by atoms with van der Waals surface area (Å²) in [5, 5.41) is 2.41. The molecule has 8 heavy (non-hydrogen) atoms. The van der Waals surface area contributed by atoms with Gasteiger partial charge in [0.25, 0.3) is 5.91 Å². The van der Waals surface area contributed by atoms with Crippen molar-refractivity contribution in [3.05, 3.63) is 0 Å². The van der Waals surface area contributed by atoms with Gasteiger partial charge in [0.2, 0.25) is 0 Å². The van der Waals surface area contributed by atoms with Crippen LogP contribution in [-0.4, -0.2) is 24.8 Å². The fraction of sp³-hybridized carbons (Fsp3) is 0.500. The molecule has 0 fully saturated rings. The van der Waals surface area contributed by atoms with E-state index in [0.29, 0.717) is 6.54 Å². The number of hydrogen-bond donors (Lipinski definition) is 2. The van der Waals surface area contributed by atoms with Gasteiger partial charge in [0.05, 0.1) is 6.34 Å². The molecule has 0 saturated heterocycles. The number of hydrogen-bond acceptors (Lipinski definition) is 3.